The summed E-state index contributed by atoms with van der Waals surface area (Å²) in [5.41, 5.74) is 5.20. The molecule has 0 bridgehead atoms. The van der Waals surface area contributed by atoms with Gasteiger partial charge in [0.15, 0.2) is 0 Å². The Balaban J connectivity index is 2.01. The van der Waals surface area contributed by atoms with Crippen molar-refractivity contribution in [3.63, 3.8) is 0 Å². The largest absolute Gasteiger partial charge is 0.507 e. The molecular weight excluding hydrogens is 362 g/mol. The summed E-state index contributed by atoms with van der Waals surface area (Å²) in [6.07, 6.45) is 0.945. The number of phenols is 1. The number of rotatable bonds is 3. The highest BCUT2D eigenvalue weighted by Crippen LogP contribution is 2.46. The zero-order chi connectivity index (χ0) is 20.9. The number of ether oxygens (including phenoxy) is 2. The molecule has 152 valence electrons. The maximum absolute atomic E-state index is 11.4. The second kappa shape index (κ2) is 7.27. The number of hydrogen-bond donors (Lipinski definition) is 1. The molecule has 0 unspecified atom stereocenters. The normalized spacial score (nSPS) is 19.2. The molecule has 0 saturated carbocycles. The van der Waals surface area contributed by atoms with Gasteiger partial charge in [-0.25, -0.2) is 0 Å². The molecule has 29 heavy (non-hydrogen) atoms. The molecule has 0 saturated heterocycles. The first-order valence-electron chi connectivity index (χ1n) is 10.1. The molecule has 0 aromatic heterocycles. The Morgan fingerprint density at radius 3 is 2.34 bits per heavy atom. The fourth-order valence-corrected chi connectivity index (χ4v) is 4.68. The van der Waals surface area contributed by atoms with Gasteiger partial charge < -0.3 is 14.6 Å². The fourth-order valence-electron chi connectivity index (χ4n) is 4.68. The lowest BCUT2D eigenvalue weighted by Gasteiger charge is -2.38. The molecular formula is C25H29NO3. The van der Waals surface area contributed by atoms with E-state index >= 15 is 0 Å². The van der Waals surface area contributed by atoms with E-state index < -0.39 is 0 Å². The summed E-state index contributed by atoms with van der Waals surface area (Å²) in [5.74, 6) is 1.92. The monoisotopic (exact) mass is 391 g/mol. The Kier molecular flexibility index (Phi) is 4.91. The molecule has 4 heteroatoms. The van der Waals surface area contributed by atoms with E-state index in [1.165, 1.54) is 5.56 Å². The Bertz CT molecular complexity index is 1090. The van der Waals surface area contributed by atoms with Crippen molar-refractivity contribution in [3.05, 3.63) is 53.1 Å². The van der Waals surface area contributed by atoms with E-state index in [0.29, 0.717) is 11.8 Å². The van der Waals surface area contributed by atoms with Crippen LogP contribution in [0.1, 0.15) is 36.6 Å². The lowest BCUT2D eigenvalue weighted by Crippen LogP contribution is -2.38. The Labute approximate surface area is 172 Å². The van der Waals surface area contributed by atoms with Crippen molar-refractivity contribution in [2.75, 3.05) is 21.3 Å². The topological polar surface area (TPSA) is 41.9 Å². The first-order valence-corrected chi connectivity index (χ1v) is 10.1. The third kappa shape index (κ3) is 3.03. The number of phenolic OH excluding ortho intramolecular Hbond substituents is 1. The molecule has 3 aromatic rings. The predicted octanol–water partition coefficient (Wildman–Crippen LogP) is 5.48. The summed E-state index contributed by atoms with van der Waals surface area (Å²) in [7, 11) is 5.47. The van der Waals surface area contributed by atoms with Gasteiger partial charge in [0.1, 0.15) is 17.2 Å². The lowest BCUT2D eigenvalue weighted by molar-refractivity contribution is 0.176. The van der Waals surface area contributed by atoms with Crippen LogP contribution in [0.4, 0.5) is 0 Å². The summed E-state index contributed by atoms with van der Waals surface area (Å²) in [5, 5.41) is 13.3. The molecule has 1 aliphatic heterocycles. The summed E-state index contributed by atoms with van der Waals surface area (Å²) >= 11 is 0. The smallest absolute Gasteiger partial charge is 0.130 e. The van der Waals surface area contributed by atoms with Crippen molar-refractivity contribution in [2.45, 2.75) is 39.3 Å². The zero-order valence-corrected chi connectivity index (χ0v) is 18.0. The van der Waals surface area contributed by atoms with Crippen LogP contribution >= 0.6 is 0 Å². The SMILES string of the molecule is COc1ccc(-c2ccc3c(c2O)[C@@H](C)N(C)[C@H](C)C3)c2cc(C)cc(OC)c12. The molecule has 0 radical (unpaired) electrons. The van der Waals surface area contributed by atoms with E-state index in [2.05, 4.69) is 50.9 Å². The highest BCUT2D eigenvalue weighted by atomic mass is 16.5. The van der Waals surface area contributed by atoms with Gasteiger partial charge >= 0.3 is 0 Å². The quantitative estimate of drug-likeness (QED) is 0.642. The minimum atomic E-state index is 0.162. The Hall–Kier alpha value is -2.72. The highest BCUT2D eigenvalue weighted by Gasteiger charge is 2.30. The van der Waals surface area contributed by atoms with Gasteiger partial charge in [-0.05, 0) is 74.5 Å². The molecule has 4 rings (SSSR count). The van der Waals surface area contributed by atoms with E-state index in [4.69, 9.17) is 9.47 Å². The summed E-state index contributed by atoms with van der Waals surface area (Å²) in [4.78, 5) is 2.32. The summed E-state index contributed by atoms with van der Waals surface area (Å²) < 4.78 is 11.3. The van der Waals surface area contributed by atoms with Crippen LogP contribution in [0.5, 0.6) is 17.2 Å². The van der Waals surface area contributed by atoms with Crippen LogP contribution in [-0.2, 0) is 6.42 Å². The van der Waals surface area contributed by atoms with Gasteiger partial charge in [-0.3, -0.25) is 4.90 Å². The maximum Gasteiger partial charge on any atom is 0.130 e. The van der Waals surface area contributed by atoms with Gasteiger partial charge in [-0.2, -0.15) is 0 Å². The van der Waals surface area contributed by atoms with Gasteiger partial charge in [0.05, 0.1) is 19.6 Å². The average Bonchev–Trinajstić information content (AvgIpc) is 2.71. The minimum absolute atomic E-state index is 0.162. The Morgan fingerprint density at radius 1 is 0.966 bits per heavy atom. The van der Waals surface area contributed by atoms with E-state index in [0.717, 1.165) is 50.9 Å². The van der Waals surface area contributed by atoms with Gasteiger partial charge in [-0.1, -0.05) is 18.2 Å². The van der Waals surface area contributed by atoms with Crippen LogP contribution in [0.3, 0.4) is 0 Å². The standard InChI is InChI=1S/C25H29NO3/c1-14-11-20-18(9-10-21(28-5)24(20)22(12-14)29-6)19-8-7-17-13-15(2)26(4)16(3)23(17)25(19)27/h7-12,15-16,27H,13H2,1-6H3/t15-,16-/m1/s1. The predicted molar refractivity (Wildman–Crippen MR) is 118 cm³/mol. The van der Waals surface area contributed by atoms with E-state index in [1.54, 1.807) is 14.2 Å². The molecule has 1 aliphatic rings. The van der Waals surface area contributed by atoms with Crippen LogP contribution < -0.4 is 9.47 Å². The second-order valence-electron chi connectivity index (χ2n) is 8.13. The van der Waals surface area contributed by atoms with Gasteiger partial charge in [0, 0.05) is 23.2 Å². The van der Waals surface area contributed by atoms with Crippen molar-refractivity contribution in [2.24, 2.45) is 0 Å². The third-order valence-electron chi connectivity index (χ3n) is 6.46. The summed E-state index contributed by atoms with van der Waals surface area (Å²) in [6.45, 7) is 6.45. The van der Waals surface area contributed by atoms with Crippen molar-refractivity contribution in [1.82, 2.24) is 4.90 Å². The molecule has 3 aromatic carbocycles. The molecule has 1 N–H and O–H groups in total. The van der Waals surface area contributed by atoms with Crippen LogP contribution in [0, 0.1) is 6.92 Å². The molecule has 1 heterocycles. The van der Waals surface area contributed by atoms with E-state index in [1.807, 2.05) is 18.2 Å². The van der Waals surface area contributed by atoms with Crippen molar-refractivity contribution < 1.29 is 14.6 Å². The third-order valence-corrected chi connectivity index (χ3v) is 6.46. The number of benzene rings is 3. The number of methoxy groups -OCH3 is 2. The highest BCUT2D eigenvalue weighted by molar-refractivity contribution is 6.04. The van der Waals surface area contributed by atoms with Gasteiger partial charge in [0.2, 0.25) is 0 Å². The number of hydrogen-bond acceptors (Lipinski definition) is 4. The van der Waals surface area contributed by atoms with Crippen molar-refractivity contribution in [1.29, 1.82) is 0 Å². The van der Waals surface area contributed by atoms with Crippen LogP contribution in [0.2, 0.25) is 0 Å². The second-order valence-corrected chi connectivity index (χ2v) is 8.13. The average molecular weight is 392 g/mol. The van der Waals surface area contributed by atoms with Crippen LogP contribution in [0.15, 0.2) is 36.4 Å². The molecule has 0 fully saturated rings. The number of likely N-dealkylation sites (N-methyl/N-ethyl adjacent to an activating group) is 1. The lowest BCUT2D eigenvalue weighted by atomic mass is 9.85. The summed E-state index contributed by atoms with van der Waals surface area (Å²) in [6, 6.07) is 13.0. The molecule has 4 nitrogen and oxygen atoms in total. The fraction of sp³-hybridized carbons (Fsp3) is 0.360. The minimum Gasteiger partial charge on any atom is -0.507 e. The number of aryl methyl sites for hydroxylation is 1. The van der Waals surface area contributed by atoms with Gasteiger partial charge in [-0.15, -0.1) is 0 Å². The van der Waals surface area contributed by atoms with E-state index in [-0.39, 0.29) is 6.04 Å². The van der Waals surface area contributed by atoms with Gasteiger partial charge in [0.25, 0.3) is 0 Å². The number of nitrogens with zero attached hydrogens (tertiary/aromatic N) is 1. The van der Waals surface area contributed by atoms with Crippen molar-refractivity contribution >= 4 is 10.8 Å². The molecule has 2 atom stereocenters. The number of aromatic hydroxyl groups is 1. The zero-order valence-electron chi connectivity index (χ0n) is 18.0. The first kappa shape index (κ1) is 19.6. The number of fused-ring (bicyclic) bond motifs is 2. The first-order chi connectivity index (χ1) is 13.9. The Morgan fingerprint density at radius 2 is 1.66 bits per heavy atom. The van der Waals surface area contributed by atoms with Crippen LogP contribution in [0.25, 0.3) is 21.9 Å². The molecule has 0 amide bonds. The van der Waals surface area contributed by atoms with Crippen LogP contribution in [-0.4, -0.2) is 37.3 Å². The van der Waals surface area contributed by atoms with Crippen molar-refractivity contribution in [3.8, 4) is 28.4 Å². The molecule has 0 aliphatic carbocycles. The van der Waals surface area contributed by atoms with E-state index in [9.17, 15) is 5.11 Å². The maximum atomic E-state index is 11.4. The molecule has 0 spiro atoms.